The van der Waals surface area contributed by atoms with Gasteiger partial charge in [0.2, 0.25) is 0 Å². The number of halogens is 4. The maximum atomic E-state index is 12.1. The Morgan fingerprint density at radius 3 is 1.82 bits per heavy atom. The highest BCUT2D eigenvalue weighted by Gasteiger charge is 2.25. The van der Waals surface area contributed by atoms with Gasteiger partial charge in [-0.15, -0.1) is 53.0 Å². The third kappa shape index (κ3) is 8.72. The lowest BCUT2D eigenvalue weighted by atomic mass is 10.5. The van der Waals surface area contributed by atoms with Gasteiger partial charge in [0.05, 0.1) is 30.1 Å². The lowest BCUT2D eigenvalue weighted by molar-refractivity contribution is 0.209. The number of hydrogen-bond donors (Lipinski definition) is 0. The van der Waals surface area contributed by atoms with Crippen molar-refractivity contribution < 1.29 is 13.6 Å². The lowest BCUT2D eigenvalue weighted by Gasteiger charge is -2.19. The molecule has 0 saturated heterocycles. The normalized spacial score (nSPS) is 18.4. The Labute approximate surface area is 122 Å². The average molecular weight is 344 g/mol. The second-order valence-electron chi connectivity index (χ2n) is 3.18. The lowest BCUT2D eigenvalue weighted by Crippen LogP contribution is -2.14. The molecule has 0 heterocycles. The highest BCUT2D eigenvalue weighted by Crippen LogP contribution is 2.48. The molecule has 0 fully saturated rings. The summed E-state index contributed by atoms with van der Waals surface area (Å²) in [7, 11) is -3.26. The van der Waals surface area contributed by atoms with Crippen molar-refractivity contribution in [3.8, 4) is 0 Å². The van der Waals surface area contributed by atoms with Gasteiger partial charge in [0, 0.05) is 11.8 Å². The van der Waals surface area contributed by atoms with Crippen LogP contribution < -0.4 is 0 Å². The van der Waals surface area contributed by atoms with Crippen molar-refractivity contribution in [3.63, 3.8) is 0 Å². The molecule has 0 N–H and O–H groups in total. The number of alkyl halides is 4. The van der Waals surface area contributed by atoms with Crippen LogP contribution in [-0.2, 0) is 13.6 Å². The fourth-order valence-corrected chi connectivity index (χ4v) is 2.67. The number of allylic oxidation sites excluding steroid dienone is 1. The summed E-state index contributed by atoms with van der Waals surface area (Å²) in [4.78, 5) is 0. The van der Waals surface area contributed by atoms with Gasteiger partial charge in [-0.1, -0.05) is 6.08 Å². The summed E-state index contributed by atoms with van der Waals surface area (Å²) in [5, 5.41) is -0.837. The van der Waals surface area contributed by atoms with Gasteiger partial charge in [-0.25, -0.2) is 0 Å². The Morgan fingerprint density at radius 1 is 1.12 bits per heavy atom. The van der Waals surface area contributed by atoms with Gasteiger partial charge in [0.1, 0.15) is 0 Å². The van der Waals surface area contributed by atoms with E-state index in [1.54, 1.807) is 0 Å². The standard InChI is InChI=1S/C9H15Cl4O3P/c1-2-3-17(14,15-6-8(12)4-10)16-7-9(13)5-11/h2,8-9H,1,3-7H2. The zero-order valence-electron chi connectivity index (χ0n) is 9.16. The van der Waals surface area contributed by atoms with Crippen LogP contribution in [0, 0.1) is 0 Å². The quantitative estimate of drug-likeness (QED) is 0.340. The minimum atomic E-state index is -3.26. The van der Waals surface area contributed by atoms with E-state index in [1.165, 1.54) is 6.08 Å². The van der Waals surface area contributed by atoms with E-state index in [2.05, 4.69) is 6.58 Å². The molecule has 0 amide bonds. The average Bonchev–Trinajstić information content (AvgIpc) is 2.33. The molecule has 0 aromatic rings. The predicted octanol–water partition coefficient (Wildman–Crippen LogP) is 4.09. The van der Waals surface area contributed by atoms with Gasteiger partial charge in [-0.3, -0.25) is 4.57 Å². The molecule has 0 rings (SSSR count). The molecule has 102 valence electrons. The first kappa shape index (κ1) is 18.0. The van der Waals surface area contributed by atoms with Crippen LogP contribution >= 0.6 is 54.0 Å². The van der Waals surface area contributed by atoms with E-state index in [-0.39, 0.29) is 31.1 Å². The van der Waals surface area contributed by atoms with Gasteiger partial charge in [-0.2, -0.15) is 0 Å². The summed E-state index contributed by atoms with van der Waals surface area (Å²) in [5.74, 6) is 0.408. The topological polar surface area (TPSA) is 35.5 Å². The fraction of sp³-hybridized carbons (Fsp3) is 0.778. The summed E-state index contributed by atoms with van der Waals surface area (Å²) in [5.41, 5.74) is 0. The van der Waals surface area contributed by atoms with E-state index >= 15 is 0 Å². The van der Waals surface area contributed by atoms with E-state index < -0.39 is 18.3 Å². The SMILES string of the molecule is C=CCP(=O)(OCC(Cl)CCl)OCC(Cl)CCl. The van der Waals surface area contributed by atoms with Gasteiger partial charge < -0.3 is 9.05 Å². The van der Waals surface area contributed by atoms with Crippen LogP contribution in [0.15, 0.2) is 12.7 Å². The molecule has 3 nitrogen and oxygen atoms in total. The van der Waals surface area contributed by atoms with Gasteiger partial charge in [0.15, 0.2) is 0 Å². The monoisotopic (exact) mass is 342 g/mol. The molecule has 17 heavy (non-hydrogen) atoms. The summed E-state index contributed by atoms with van der Waals surface area (Å²) in [6.45, 7) is 3.58. The van der Waals surface area contributed by atoms with Crippen LogP contribution in [-0.4, -0.2) is 41.9 Å². The van der Waals surface area contributed by atoms with Gasteiger partial charge in [-0.05, 0) is 0 Å². The summed E-state index contributed by atoms with van der Waals surface area (Å²) in [6, 6.07) is 0. The molecule has 2 unspecified atom stereocenters. The first-order chi connectivity index (χ1) is 7.97. The molecular formula is C9H15Cl4O3P. The van der Waals surface area contributed by atoms with E-state index in [1.807, 2.05) is 0 Å². The molecule has 0 radical (unpaired) electrons. The second-order valence-corrected chi connectivity index (χ2v) is 7.13. The molecule has 0 aromatic carbocycles. The van der Waals surface area contributed by atoms with Crippen molar-refractivity contribution in [1.29, 1.82) is 0 Å². The van der Waals surface area contributed by atoms with Crippen molar-refractivity contribution in [2.75, 3.05) is 31.1 Å². The molecule has 8 heteroatoms. The maximum absolute atomic E-state index is 12.1. The largest absolute Gasteiger partial charge is 0.334 e. The van der Waals surface area contributed by atoms with E-state index in [0.29, 0.717) is 0 Å². The summed E-state index contributed by atoms with van der Waals surface area (Å²) < 4.78 is 22.5. The second kappa shape index (κ2) is 9.91. The van der Waals surface area contributed by atoms with Crippen LogP contribution in [0.25, 0.3) is 0 Å². The highest BCUT2D eigenvalue weighted by atomic mass is 35.5. The first-order valence-corrected chi connectivity index (χ1v) is 8.53. The first-order valence-electron chi connectivity index (χ1n) is 4.86. The molecule has 0 aromatic heterocycles. The smallest absolute Gasteiger partial charge is 0.307 e. The molecule has 2 atom stereocenters. The summed E-state index contributed by atoms with van der Waals surface area (Å²) in [6.07, 6.45) is 1.54. The van der Waals surface area contributed by atoms with E-state index in [4.69, 9.17) is 55.5 Å². The molecule has 0 aliphatic heterocycles. The number of rotatable bonds is 10. The zero-order chi connectivity index (χ0) is 13.3. The molecular weight excluding hydrogens is 329 g/mol. The Morgan fingerprint density at radius 2 is 1.53 bits per heavy atom. The molecule has 0 bridgehead atoms. The van der Waals surface area contributed by atoms with Crippen LogP contribution in [0.3, 0.4) is 0 Å². The third-order valence-corrected chi connectivity index (χ3v) is 5.00. The molecule has 0 spiro atoms. The molecule has 0 aliphatic rings. The summed E-state index contributed by atoms with van der Waals surface area (Å²) >= 11 is 22.5. The zero-order valence-corrected chi connectivity index (χ0v) is 13.1. The van der Waals surface area contributed by atoms with Crippen LogP contribution in [0.1, 0.15) is 0 Å². The van der Waals surface area contributed by atoms with E-state index in [0.717, 1.165) is 0 Å². The molecule has 0 aliphatic carbocycles. The van der Waals surface area contributed by atoms with E-state index in [9.17, 15) is 4.57 Å². The van der Waals surface area contributed by atoms with Crippen molar-refractivity contribution in [2.24, 2.45) is 0 Å². The maximum Gasteiger partial charge on any atom is 0.334 e. The van der Waals surface area contributed by atoms with Crippen molar-refractivity contribution in [2.45, 2.75) is 10.8 Å². The minimum absolute atomic E-state index is 0.0456. The fourth-order valence-electron chi connectivity index (χ4n) is 0.779. The van der Waals surface area contributed by atoms with Crippen LogP contribution in [0.4, 0.5) is 0 Å². The third-order valence-electron chi connectivity index (χ3n) is 1.59. The van der Waals surface area contributed by atoms with Crippen molar-refractivity contribution in [1.82, 2.24) is 0 Å². The Hall–Kier alpha value is 1.05. The Balaban J connectivity index is 4.25. The number of hydrogen-bond acceptors (Lipinski definition) is 3. The van der Waals surface area contributed by atoms with Gasteiger partial charge in [0.25, 0.3) is 0 Å². The Bertz CT molecular complexity index is 247. The van der Waals surface area contributed by atoms with Crippen molar-refractivity contribution in [3.05, 3.63) is 12.7 Å². The molecule has 0 saturated carbocycles. The Kier molecular flexibility index (Phi) is 10.5. The highest BCUT2D eigenvalue weighted by molar-refractivity contribution is 7.54. The van der Waals surface area contributed by atoms with Crippen LogP contribution in [0.5, 0.6) is 0 Å². The van der Waals surface area contributed by atoms with Crippen molar-refractivity contribution >= 4 is 54.0 Å². The van der Waals surface area contributed by atoms with Crippen LogP contribution in [0.2, 0.25) is 0 Å². The minimum Gasteiger partial charge on any atom is -0.307 e. The predicted molar refractivity (Wildman–Crippen MR) is 75.3 cm³/mol. The van der Waals surface area contributed by atoms with Gasteiger partial charge >= 0.3 is 7.60 Å².